The van der Waals surface area contributed by atoms with Crippen LogP contribution in [0.5, 0.6) is 0 Å². The molecule has 0 aromatic carbocycles. The number of carboxylic acid groups (broad SMARTS) is 1. The lowest BCUT2D eigenvalue weighted by Gasteiger charge is -2.34. The van der Waals surface area contributed by atoms with Crippen molar-refractivity contribution in [2.75, 3.05) is 44.4 Å². The van der Waals surface area contributed by atoms with Crippen molar-refractivity contribution >= 4 is 17.5 Å². The third-order valence-electron chi connectivity index (χ3n) is 3.71. The van der Waals surface area contributed by atoms with Crippen molar-refractivity contribution in [2.24, 2.45) is 5.92 Å². The average molecular weight is 278 g/mol. The van der Waals surface area contributed by atoms with Gasteiger partial charge in [-0.3, -0.25) is 0 Å². The molecule has 0 atom stereocenters. The van der Waals surface area contributed by atoms with Crippen LogP contribution in [0.15, 0.2) is 12.3 Å². The molecular formula is C14H22N4O2. The van der Waals surface area contributed by atoms with Crippen molar-refractivity contribution in [2.45, 2.75) is 12.8 Å². The molecule has 6 heteroatoms. The molecule has 1 aromatic heterocycles. The molecule has 3 N–H and O–H groups in total. The molecule has 0 aliphatic carbocycles. The number of aromatic carboxylic acids is 1. The number of hydrogen-bond donors (Lipinski definition) is 2. The number of piperidine rings is 1. The molecule has 20 heavy (non-hydrogen) atoms. The summed E-state index contributed by atoms with van der Waals surface area (Å²) in [4.78, 5) is 19.7. The van der Waals surface area contributed by atoms with Crippen LogP contribution in [0, 0.1) is 5.92 Å². The van der Waals surface area contributed by atoms with Crippen molar-refractivity contribution in [1.82, 2.24) is 9.88 Å². The Hall–Kier alpha value is -1.82. The van der Waals surface area contributed by atoms with Gasteiger partial charge in [0.2, 0.25) is 0 Å². The van der Waals surface area contributed by atoms with Crippen LogP contribution < -0.4 is 10.6 Å². The molecule has 0 spiro atoms. The maximum Gasteiger partial charge on any atom is 0.337 e. The van der Waals surface area contributed by atoms with Crippen molar-refractivity contribution in [1.29, 1.82) is 0 Å². The number of hydrogen-bond acceptors (Lipinski definition) is 5. The number of nitrogen functional groups attached to an aromatic ring is 1. The highest BCUT2D eigenvalue weighted by molar-refractivity contribution is 5.94. The van der Waals surface area contributed by atoms with Crippen LogP contribution in [0.2, 0.25) is 0 Å². The highest BCUT2D eigenvalue weighted by atomic mass is 16.4. The topological polar surface area (TPSA) is 82.7 Å². The Kier molecular flexibility index (Phi) is 4.44. The summed E-state index contributed by atoms with van der Waals surface area (Å²) in [5.41, 5.74) is 5.97. The predicted octanol–water partition coefficient (Wildman–Crippen LogP) is 1.14. The predicted molar refractivity (Wildman–Crippen MR) is 79.1 cm³/mol. The van der Waals surface area contributed by atoms with E-state index in [1.165, 1.54) is 6.20 Å². The smallest absolute Gasteiger partial charge is 0.337 e. The number of nitrogens with zero attached hydrogens (tertiary/aromatic N) is 3. The van der Waals surface area contributed by atoms with Gasteiger partial charge in [-0.25, -0.2) is 9.78 Å². The van der Waals surface area contributed by atoms with Crippen molar-refractivity contribution in [3.8, 4) is 0 Å². The maximum atomic E-state index is 11.1. The molecule has 1 saturated heterocycles. The monoisotopic (exact) mass is 278 g/mol. The summed E-state index contributed by atoms with van der Waals surface area (Å²) in [6.45, 7) is 2.92. The van der Waals surface area contributed by atoms with E-state index >= 15 is 0 Å². The highest BCUT2D eigenvalue weighted by Crippen LogP contribution is 2.24. The first kappa shape index (κ1) is 14.6. The van der Waals surface area contributed by atoms with Crippen molar-refractivity contribution in [3.63, 3.8) is 0 Å². The third-order valence-corrected chi connectivity index (χ3v) is 3.71. The van der Waals surface area contributed by atoms with Gasteiger partial charge in [0.25, 0.3) is 0 Å². The van der Waals surface area contributed by atoms with Gasteiger partial charge in [-0.15, -0.1) is 0 Å². The molecular weight excluding hydrogens is 256 g/mol. The summed E-state index contributed by atoms with van der Waals surface area (Å²) >= 11 is 0. The number of rotatable bonds is 4. The van der Waals surface area contributed by atoms with Crippen LogP contribution >= 0.6 is 0 Å². The number of nitrogens with two attached hydrogens (primary N) is 1. The molecule has 0 saturated carbocycles. The summed E-state index contributed by atoms with van der Waals surface area (Å²) in [7, 11) is 4.18. The van der Waals surface area contributed by atoms with Crippen LogP contribution in [0.4, 0.5) is 11.5 Å². The molecule has 2 heterocycles. The molecule has 0 radical (unpaired) electrons. The second-order valence-electron chi connectivity index (χ2n) is 5.63. The van der Waals surface area contributed by atoms with E-state index in [2.05, 4.69) is 28.9 Å². The van der Waals surface area contributed by atoms with Crippen molar-refractivity contribution in [3.05, 3.63) is 17.8 Å². The summed E-state index contributed by atoms with van der Waals surface area (Å²) in [5, 5.41) is 9.10. The van der Waals surface area contributed by atoms with Gasteiger partial charge in [-0.05, 0) is 38.9 Å². The molecule has 0 amide bonds. The molecule has 0 bridgehead atoms. The zero-order chi connectivity index (χ0) is 14.7. The Morgan fingerprint density at radius 2 is 2.15 bits per heavy atom. The van der Waals surface area contributed by atoms with E-state index in [-0.39, 0.29) is 11.3 Å². The Morgan fingerprint density at radius 3 is 2.70 bits per heavy atom. The van der Waals surface area contributed by atoms with Crippen LogP contribution in [0.1, 0.15) is 23.2 Å². The quantitative estimate of drug-likeness (QED) is 0.859. The van der Waals surface area contributed by atoms with Crippen LogP contribution in [0.25, 0.3) is 0 Å². The lowest BCUT2D eigenvalue weighted by atomic mass is 9.96. The third kappa shape index (κ3) is 3.39. The minimum Gasteiger partial charge on any atom is -0.478 e. The first-order valence-electron chi connectivity index (χ1n) is 6.86. The van der Waals surface area contributed by atoms with Gasteiger partial charge in [0.1, 0.15) is 5.82 Å². The number of aromatic nitrogens is 1. The van der Waals surface area contributed by atoms with E-state index in [1.807, 2.05) is 0 Å². The van der Waals surface area contributed by atoms with Crippen molar-refractivity contribution < 1.29 is 9.90 Å². The van der Waals surface area contributed by atoms with Gasteiger partial charge in [-0.2, -0.15) is 0 Å². The molecule has 1 aliphatic rings. The fraction of sp³-hybridized carbons (Fsp3) is 0.571. The molecule has 1 fully saturated rings. The molecule has 110 valence electrons. The van der Waals surface area contributed by atoms with Gasteiger partial charge in [0, 0.05) is 19.6 Å². The Bertz CT molecular complexity index is 482. The molecule has 1 aliphatic heterocycles. The fourth-order valence-electron chi connectivity index (χ4n) is 2.67. The number of anilines is 2. The standard InChI is InChI=1S/C14H22N4O2/c1-17(2)9-10-3-5-18(6-4-10)13-7-11(14(19)20)12(15)8-16-13/h7-8,10H,3-6,9,15H2,1-2H3,(H,19,20). The van der Waals surface area contributed by atoms with Gasteiger partial charge in [0.15, 0.2) is 0 Å². The summed E-state index contributed by atoms with van der Waals surface area (Å²) in [6.07, 6.45) is 3.64. The van der Waals surface area contributed by atoms with E-state index in [9.17, 15) is 4.79 Å². The molecule has 0 unspecified atom stereocenters. The lowest BCUT2D eigenvalue weighted by molar-refractivity contribution is 0.0698. The summed E-state index contributed by atoms with van der Waals surface area (Å²) in [5.74, 6) is 0.405. The average Bonchev–Trinajstić information content (AvgIpc) is 2.39. The van der Waals surface area contributed by atoms with Gasteiger partial charge < -0.3 is 20.6 Å². The van der Waals surface area contributed by atoms with Gasteiger partial charge in [0.05, 0.1) is 17.4 Å². The van der Waals surface area contributed by atoms with Gasteiger partial charge >= 0.3 is 5.97 Å². The van der Waals surface area contributed by atoms with E-state index in [1.54, 1.807) is 6.07 Å². The highest BCUT2D eigenvalue weighted by Gasteiger charge is 2.21. The van der Waals surface area contributed by atoms with Crippen LogP contribution in [0.3, 0.4) is 0 Å². The normalized spacial score (nSPS) is 16.6. The molecule has 1 aromatic rings. The minimum absolute atomic E-state index is 0.130. The first-order chi connectivity index (χ1) is 9.47. The Morgan fingerprint density at radius 1 is 1.50 bits per heavy atom. The first-order valence-corrected chi connectivity index (χ1v) is 6.86. The number of carboxylic acids is 1. The number of pyridine rings is 1. The Labute approximate surface area is 119 Å². The van der Waals surface area contributed by atoms with E-state index < -0.39 is 5.97 Å². The zero-order valence-corrected chi connectivity index (χ0v) is 12.0. The van der Waals surface area contributed by atoms with Crippen LogP contribution in [-0.2, 0) is 0 Å². The molecule has 6 nitrogen and oxygen atoms in total. The SMILES string of the molecule is CN(C)CC1CCN(c2cc(C(=O)O)c(N)cn2)CC1. The maximum absolute atomic E-state index is 11.1. The fourth-order valence-corrected chi connectivity index (χ4v) is 2.67. The minimum atomic E-state index is -1.01. The summed E-state index contributed by atoms with van der Waals surface area (Å²) < 4.78 is 0. The van der Waals surface area contributed by atoms with Crippen LogP contribution in [-0.4, -0.2) is 54.7 Å². The second kappa shape index (κ2) is 6.09. The summed E-state index contributed by atoms with van der Waals surface area (Å²) in [6, 6.07) is 1.57. The Balaban J connectivity index is 2.03. The zero-order valence-electron chi connectivity index (χ0n) is 12.0. The largest absolute Gasteiger partial charge is 0.478 e. The van der Waals surface area contributed by atoms with E-state index in [4.69, 9.17) is 10.8 Å². The van der Waals surface area contributed by atoms with Gasteiger partial charge in [-0.1, -0.05) is 0 Å². The second-order valence-corrected chi connectivity index (χ2v) is 5.63. The van der Waals surface area contributed by atoms with E-state index in [0.717, 1.165) is 32.5 Å². The lowest BCUT2D eigenvalue weighted by Crippen LogP contribution is -2.37. The molecule has 2 rings (SSSR count). The number of carbonyl (C=O) groups is 1. The van der Waals surface area contributed by atoms with E-state index in [0.29, 0.717) is 11.7 Å².